The van der Waals surface area contributed by atoms with E-state index in [2.05, 4.69) is 20.9 Å². The van der Waals surface area contributed by atoms with Crippen LogP contribution >= 0.6 is 0 Å². The van der Waals surface area contributed by atoms with Crippen LogP contribution < -0.4 is 22.1 Å². The molecule has 52 heavy (non-hydrogen) atoms. The lowest BCUT2D eigenvalue weighted by Crippen LogP contribution is -2.64. The van der Waals surface area contributed by atoms with E-state index in [1.165, 1.54) is 53.9 Å². The van der Waals surface area contributed by atoms with Crippen LogP contribution in [0, 0.1) is 5.92 Å². The summed E-state index contributed by atoms with van der Waals surface area (Å²) in [5.41, 5.74) is 8.09. The number of benzene rings is 1. The standard InChI is InChI=1S/C34H46N8O9S/c1-33(2,49)26-18-37-40-42(26)23-17-25(31(47)39-34(27(43)29(36)45)12-14-52(50,51)15-13-34)41(19-23)32(48)24(16-20-6-4-3-5-7-20)38-30(46)22-10-8-21(9-11-22)28(35)44/h8-11,18,20,23-25,49H,3-7,12-17,19H2,1-2H3,(H2,35,44)(H2,36,45)(H,38,46)(H,39,47)/t23-,24?,25-/m0/s1. The average molecular weight is 743 g/mol. The molecular weight excluding hydrogens is 696 g/mol. The van der Waals surface area contributed by atoms with E-state index < -0.39 is 85.9 Å². The van der Waals surface area contributed by atoms with Gasteiger partial charge in [-0.1, -0.05) is 37.3 Å². The van der Waals surface area contributed by atoms with Crippen LogP contribution in [-0.2, 0) is 34.6 Å². The predicted molar refractivity (Wildman–Crippen MR) is 185 cm³/mol. The minimum atomic E-state index is -3.54. The number of amides is 5. The first-order valence-electron chi connectivity index (χ1n) is 17.4. The van der Waals surface area contributed by atoms with Crippen molar-refractivity contribution >= 4 is 45.2 Å². The molecule has 1 saturated carbocycles. The fourth-order valence-electron chi connectivity index (χ4n) is 7.49. The van der Waals surface area contributed by atoms with Gasteiger partial charge in [0.2, 0.25) is 23.5 Å². The summed E-state index contributed by atoms with van der Waals surface area (Å²) in [7, 11) is -3.54. The maximum absolute atomic E-state index is 14.7. The van der Waals surface area contributed by atoms with Crippen LogP contribution in [0.5, 0.6) is 0 Å². The molecule has 282 valence electrons. The highest BCUT2D eigenvalue weighted by atomic mass is 32.2. The molecule has 1 aromatic carbocycles. The highest BCUT2D eigenvalue weighted by molar-refractivity contribution is 7.91. The third kappa shape index (κ3) is 8.49. The summed E-state index contributed by atoms with van der Waals surface area (Å²) in [6.07, 6.45) is 5.49. The Balaban J connectivity index is 1.49. The molecule has 0 bridgehead atoms. The van der Waals surface area contributed by atoms with E-state index in [9.17, 15) is 42.3 Å². The first kappa shape index (κ1) is 38.5. The largest absolute Gasteiger partial charge is 0.384 e. The smallest absolute Gasteiger partial charge is 0.287 e. The molecule has 1 aliphatic carbocycles. The number of carbonyl (C=O) groups is 6. The third-order valence-electron chi connectivity index (χ3n) is 10.4. The minimum Gasteiger partial charge on any atom is -0.384 e. The summed E-state index contributed by atoms with van der Waals surface area (Å²) < 4.78 is 26.0. The van der Waals surface area contributed by atoms with Gasteiger partial charge >= 0.3 is 0 Å². The number of aliphatic hydroxyl groups is 1. The van der Waals surface area contributed by atoms with Crippen molar-refractivity contribution in [2.45, 2.75) is 101 Å². The fourth-order valence-corrected chi connectivity index (χ4v) is 9.01. The average Bonchev–Trinajstić information content (AvgIpc) is 3.77. The monoisotopic (exact) mass is 742 g/mol. The van der Waals surface area contributed by atoms with Crippen molar-refractivity contribution in [2.24, 2.45) is 17.4 Å². The zero-order valence-electron chi connectivity index (χ0n) is 29.2. The van der Waals surface area contributed by atoms with Gasteiger partial charge in [-0.25, -0.2) is 13.1 Å². The lowest BCUT2D eigenvalue weighted by atomic mass is 9.84. The van der Waals surface area contributed by atoms with E-state index in [1.807, 2.05) is 0 Å². The molecule has 18 heteroatoms. The summed E-state index contributed by atoms with van der Waals surface area (Å²) >= 11 is 0. The summed E-state index contributed by atoms with van der Waals surface area (Å²) in [5.74, 6) is -5.97. The van der Waals surface area contributed by atoms with Crippen molar-refractivity contribution in [1.29, 1.82) is 0 Å². The fraction of sp³-hybridized carbons (Fsp3) is 0.588. The molecule has 2 saturated heterocycles. The molecule has 2 aliphatic heterocycles. The molecule has 5 rings (SSSR count). The van der Waals surface area contributed by atoms with Crippen LogP contribution in [-0.4, -0.2) is 104 Å². The van der Waals surface area contributed by atoms with Crippen molar-refractivity contribution in [1.82, 2.24) is 30.5 Å². The van der Waals surface area contributed by atoms with Gasteiger partial charge in [-0.2, -0.15) is 0 Å². The number of nitrogens with zero attached hydrogens (tertiary/aromatic N) is 4. The normalized spacial score (nSPS) is 22.2. The maximum Gasteiger partial charge on any atom is 0.287 e. The lowest BCUT2D eigenvalue weighted by Gasteiger charge is -2.37. The second kappa shape index (κ2) is 15.1. The van der Waals surface area contributed by atoms with Gasteiger partial charge in [0.15, 0.2) is 9.84 Å². The molecule has 17 nitrogen and oxygen atoms in total. The van der Waals surface area contributed by atoms with Crippen LogP contribution in [0.25, 0.3) is 0 Å². The number of hydrogen-bond acceptors (Lipinski definition) is 11. The molecule has 5 amide bonds. The van der Waals surface area contributed by atoms with Gasteiger partial charge < -0.3 is 32.1 Å². The van der Waals surface area contributed by atoms with Crippen LogP contribution in [0.15, 0.2) is 30.5 Å². The van der Waals surface area contributed by atoms with E-state index in [-0.39, 0.29) is 49.3 Å². The minimum absolute atomic E-state index is 0.0537. The molecule has 3 aliphatic rings. The zero-order chi connectivity index (χ0) is 38.0. The molecule has 7 N–H and O–H groups in total. The summed E-state index contributed by atoms with van der Waals surface area (Å²) in [6.45, 7) is 2.97. The van der Waals surface area contributed by atoms with Gasteiger partial charge in [0.05, 0.1) is 29.4 Å². The predicted octanol–water partition coefficient (Wildman–Crippen LogP) is -0.367. The number of sulfone groups is 1. The highest BCUT2D eigenvalue weighted by Gasteiger charge is 2.50. The molecule has 3 atom stereocenters. The molecule has 3 heterocycles. The van der Waals surface area contributed by atoms with Gasteiger partial charge in [-0.15, -0.1) is 5.10 Å². The number of hydrogen-bond donors (Lipinski definition) is 5. The first-order valence-corrected chi connectivity index (χ1v) is 19.2. The van der Waals surface area contributed by atoms with Crippen molar-refractivity contribution < 1.29 is 42.3 Å². The van der Waals surface area contributed by atoms with Crippen LogP contribution in [0.4, 0.5) is 0 Å². The van der Waals surface area contributed by atoms with Crippen molar-refractivity contribution in [3.8, 4) is 0 Å². The quantitative estimate of drug-likeness (QED) is 0.175. The number of Topliss-reactive ketones (excluding diaryl/α,β-unsaturated/α-hetero) is 1. The number of rotatable bonds is 12. The Morgan fingerprint density at radius 1 is 1.00 bits per heavy atom. The summed E-state index contributed by atoms with van der Waals surface area (Å²) in [5, 5.41) is 24.4. The number of primary amides is 2. The van der Waals surface area contributed by atoms with Gasteiger partial charge in [0.25, 0.3) is 11.8 Å². The van der Waals surface area contributed by atoms with Crippen LogP contribution in [0.2, 0.25) is 0 Å². The number of nitrogens with two attached hydrogens (primary N) is 2. The molecule has 3 fully saturated rings. The molecule has 1 aromatic heterocycles. The van der Waals surface area contributed by atoms with Crippen LogP contribution in [0.1, 0.15) is 104 Å². The highest BCUT2D eigenvalue weighted by Crippen LogP contribution is 2.34. The van der Waals surface area contributed by atoms with E-state index in [0.717, 1.165) is 32.1 Å². The number of aromatic nitrogens is 3. The van der Waals surface area contributed by atoms with Gasteiger partial charge in [-0.05, 0) is 63.3 Å². The van der Waals surface area contributed by atoms with Crippen molar-refractivity contribution in [2.75, 3.05) is 18.1 Å². The molecular formula is C34H46N8O9S. The number of nitrogens with one attached hydrogen (secondary N) is 2. The number of ketones is 1. The SMILES string of the molecule is CC(C)(O)c1cnnn1[C@H]1C[C@@H](C(=O)NC2(C(=O)C(N)=O)CCS(=O)(=O)CC2)N(C(=O)C(CC2CCCCC2)NC(=O)c2ccc(C(N)=O)cc2)C1. The van der Waals surface area contributed by atoms with Crippen molar-refractivity contribution in [3.05, 3.63) is 47.3 Å². The Labute approximate surface area is 301 Å². The number of carbonyl (C=O) groups excluding carboxylic acids is 6. The van der Waals surface area contributed by atoms with E-state index in [0.29, 0.717) is 5.69 Å². The molecule has 0 spiro atoms. The van der Waals surface area contributed by atoms with Crippen LogP contribution in [0.3, 0.4) is 0 Å². The third-order valence-corrected chi connectivity index (χ3v) is 12.1. The molecule has 1 unspecified atom stereocenters. The Hall–Kier alpha value is -4.71. The summed E-state index contributed by atoms with van der Waals surface area (Å²) in [4.78, 5) is 80.7. The maximum atomic E-state index is 14.7. The van der Waals surface area contributed by atoms with Gasteiger partial charge in [0, 0.05) is 24.1 Å². The van der Waals surface area contributed by atoms with E-state index in [4.69, 9.17) is 11.5 Å². The Morgan fingerprint density at radius 3 is 2.19 bits per heavy atom. The zero-order valence-corrected chi connectivity index (χ0v) is 30.1. The van der Waals surface area contributed by atoms with E-state index in [1.54, 1.807) is 0 Å². The second-order valence-electron chi connectivity index (χ2n) is 14.6. The molecule has 2 aromatic rings. The Morgan fingerprint density at radius 2 is 1.62 bits per heavy atom. The lowest BCUT2D eigenvalue weighted by molar-refractivity contribution is -0.145. The Kier molecular flexibility index (Phi) is 11.2. The number of likely N-dealkylation sites (tertiary alicyclic amines) is 1. The van der Waals surface area contributed by atoms with Gasteiger partial charge in [0.1, 0.15) is 23.2 Å². The topological polar surface area (TPSA) is 267 Å². The van der Waals surface area contributed by atoms with Crippen molar-refractivity contribution in [3.63, 3.8) is 0 Å². The summed E-state index contributed by atoms with van der Waals surface area (Å²) in [6, 6.07) is 2.59. The first-order chi connectivity index (χ1) is 24.4. The Bertz CT molecular complexity index is 1820. The van der Waals surface area contributed by atoms with Gasteiger partial charge in [-0.3, -0.25) is 28.8 Å². The van der Waals surface area contributed by atoms with E-state index >= 15 is 0 Å². The molecule has 0 radical (unpaired) electrons. The second-order valence-corrected chi connectivity index (χ2v) is 16.9.